The lowest BCUT2D eigenvalue weighted by atomic mass is 10.1. The number of hydrogen-bond acceptors (Lipinski definition) is 5. The number of guanidine groups is 1. The second-order valence-electron chi connectivity index (χ2n) is 7.86. The van der Waals surface area contributed by atoms with Crippen molar-refractivity contribution in [3.63, 3.8) is 0 Å². The van der Waals surface area contributed by atoms with Crippen LogP contribution in [0.2, 0.25) is 0 Å². The zero-order valence-corrected chi connectivity index (χ0v) is 17.7. The average molecular weight is 389 g/mol. The van der Waals surface area contributed by atoms with E-state index in [0.29, 0.717) is 6.04 Å². The second kappa shape index (κ2) is 10.8. The Bertz CT molecular complexity index is 631. The lowest BCUT2D eigenvalue weighted by Gasteiger charge is -2.37. The molecule has 3 rings (SSSR count). The van der Waals surface area contributed by atoms with Gasteiger partial charge in [0.15, 0.2) is 5.96 Å². The van der Waals surface area contributed by atoms with Crippen LogP contribution in [0.5, 0.6) is 0 Å². The topological polar surface area (TPSA) is 55.4 Å². The van der Waals surface area contributed by atoms with E-state index >= 15 is 0 Å². The van der Waals surface area contributed by atoms with Crippen molar-refractivity contribution < 1.29 is 4.74 Å². The van der Waals surface area contributed by atoms with E-state index in [-0.39, 0.29) is 0 Å². The summed E-state index contributed by atoms with van der Waals surface area (Å²) in [4.78, 5) is 11.7. The molecule has 7 heteroatoms. The maximum atomic E-state index is 5.47. The van der Waals surface area contributed by atoms with Gasteiger partial charge in [-0.05, 0) is 25.2 Å². The summed E-state index contributed by atoms with van der Waals surface area (Å²) in [5.74, 6) is 0.864. The molecule has 2 N–H and O–H groups in total. The van der Waals surface area contributed by atoms with Gasteiger partial charge in [0.1, 0.15) is 0 Å². The molecule has 28 heavy (non-hydrogen) atoms. The van der Waals surface area contributed by atoms with Gasteiger partial charge in [-0.3, -0.25) is 14.8 Å². The molecular formula is C21H36N6O. The fourth-order valence-corrected chi connectivity index (χ4v) is 3.82. The molecule has 1 unspecified atom stereocenters. The predicted octanol–water partition coefficient (Wildman–Crippen LogP) is 0.430. The number of rotatable bonds is 6. The number of ether oxygens (including phenoxy) is 1. The summed E-state index contributed by atoms with van der Waals surface area (Å²) >= 11 is 0. The summed E-state index contributed by atoms with van der Waals surface area (Å²) in [7, 11) is 6.24. The highest BCUT2D eigenvalue weighted by Gasteiger charge is 2.22. The molecule has 1 aromatic carbocycles. The molecule has 1 atom stereocenters. The minimum absolute atomic E-state index is 0.505. The maximum absolute atomic E-state index is 5.47. The third-order valence-corrected chi connectivity index (χ3v) is 5.77. The first kappa shape index (κ1) is 21.0. The van der Waals surface area contributed by atoms with Crippen molar-refractivity contribution >= 4 is 5.96 Å². The number of piperazine rings is 1. The van der Waals surface area contributed by atoms with Crippen molar-refractivity contribution in [2.45, 2.75) is 19.1 Å². The van der Waals surface area contributed by atoms with Crippen LogP contribution in [-0.2, 0) is 17.8 Å². The summed E-state index contributed by atoms with van der Waals surface area (Å²) in [6, 6.07) is 9.19. The Morgan fingerprint density at radius 3 is 2.57 bits per heavy atom. The largest absolute Gasteiger partial charge is 0.379 e. The molecule has 2 fully saturated rings. The quantitative estimate of drug-likeness (QED) is 0.545. The second-order valence-corrected chi connectivity index (χ2v) is 7.86. The number of nitrogens with zero attached hydrogens (tertiary/aromatic N) is 4. The van der Waals surface area contributed by atoms with Gasteiger partial charge >= 0.3 is 0 Å². The van der Waals surface area contributed by atoms with Crippen molar-refractivity contribution in [3.8, 4) is 0 Å². The summed E-state index contributed by atoms with van der Waals surface area (Å²) in [5.41, 5.74) is 2.70. The monoisotopic (exact) mass is 388 g/mol. The Hall–Kier alpha value is -1.67. The van der Waals surface area contributed by atoms with E-state index in [4.69, 9.17) is 4.74 Å². The molecular weight excluding hydrogens is 352 g/mol. The van der Waals surface area contributed by atoms with Crippen LogP contribution in [0.25, 0.3) is 0 Å². The minimum Gasteiger partial charge on any atom is -0.379 e. The van der Waals surface area contributed by atoms with Gasteiger partial charge in [-0.2, -0.15) is 0 Å². The first-order chi connectivity index (χ1) is 13.7. The Labute approximate surface area is 169 Å². The van der Waals surface area contributed by atoms with Crippen molar-refractivity contribution in [1.29, 1.82) is 0 Å². The van der Waals surface area contributed by atoms with E-state index in [1.54, 1.807) is 0 Å². The molecule has 0 bridgehead atoms. The van der Waals surface area contributed by atoms with E-state index in [1.165, 1.54) is 11.1 Å². The van der Waals surface area contributed by atoms with Crippen molar-refractivity contribution in [1.82, 2.24) is 25.3 Å². The molecule has 0 saturated carbocycles. The van der Waals surface area contributed by atoms with Crippen LogP contribution in [0.1, 0.15) is 11.1 Å². The molecule has 2 aliphatic heterocycles. The highest BCUT2D eigenvalue weighted by atomic mass is 16.5. The predicted molar refractivity (Wildman–Crippen MR) is 115 cm³/mol. The summed E-state index contributed by atoms with van der Waals surface area (Å²) in [5, 5.41) is 7.00. The maximum Gasteiger partial charge on any atom is 0.191 e. The van der Waals surface area contributed by atoms with Crippen LogP contribution in [0, 0.1) is 0 Å². The van der Waals surface area contributed by atoms with Gasteiger partial charge in [-0.1, -0.05) is 24.3 Å². The molecule has 0 aromatic heterocycles. The SMILES string of the molecule is CN=C(NCc1ccccc1CN1CCOCC1)NCC1CN(C)CCN1C. The van der Waals surface area contributed by atoms with Gasteiger partial charge in [-0.15, -0.1) is 0 Å². The van der Waals surface area contributed by atoms with Gasteiger partial charge in [-0.25, -0.2) is 0 Å². The average Bonchev–Trinajstić information content (AvgIpc) is 2.72. The number of hydrogen-bond donors (Lipinski definition) is 2. The van der Waals surface area contributed by atoms with Gasteiger partial charge < -0.3 is 20.3 Å². The molecule has 7 nitrogen and oxygen atoms in total. The lowest BCUT2D eigenvalue weighted by molar-refractivity contribution is 0.0341. The number of aliphatic imine (C=N–C) groups is 1. The Balaban J connectivity index is 1.50. The van der Waals surface area contributed by atoms with Crippen LogP contribution in [-0.4, -0.2) is 100 Å². The third-order valence-electron chi connectivity index (χ3n) is 5.77. The van der Waals surface area contributed by atoms with Crippen LogP contribution in [0.4, 0.5) is 0 Å². The van der Waals surface area contributed by atoms with Gasteiger partial charge in [0.2, 0.25) is 0 Å². The van der Waals surface area contributed by atoms with Crippen LogP contribution >= 0.6 is 0 Å². The number of benzene rings is 1. The van der Waals surface area contributed by atoms with E-state index < -0.39 is 0 Å². The molecule has 1 aromatic rings. The Kier molecular flexibility index (Phi) is 8.09. The zero-order valence-electron chi connectivity index (χ0n) is 17.7. The van der Waals surface area contributed by atoms with E-state index in [2.05, 4.69) is 68.7 Å². The van der Waals surface area contributed by atoms with Crippen molar-refractivity contribution in [3.05, 3.63) is 35.4 Å². The number of nitrogens with one attached hydrogen (secondary N) is 2. The van der Waals surface area contributed by atoms with Crippen LogP contribution in [0.3, 0.4) is 0 Å². The zero-order chi connectivity index (χ0) is 19.8. The summed E-state index contributed by atoms with van der Waals surface area (Å²) < 4.78 is 5.47. The number of morpholine rings is 1. The minimum atomic E-state index is 0.505. The molecule has 156 valence electrons. The summed E-state index contributed by atoms with van der Waals surface area (Å²) in [6.07, 6.45) is 0. The smallest absolute Gasteiger partial charge is 0.191 e. The van der Waals surface area contributed by atoms with E-state index in [0.717, 1.165) is 71.5 Å². The van der Waals surface area contributed by atoms with Crippen molar-refractivity contribution in [2.75, 3.05) is 73.6 Å². The molecule has 0 spiro atoms. The number of likely N-dealkylation sites (N-methyl/N-ethyl adjacent to an activating group) is 2. The molecule has 0 aliphatic carbocycles. The molecule has 2 heterocycles. The summed E-state index contributed by atoms with van der Waals surface area (Å²) in [6.45, 7) is 9.68. The third kappa shape index (κ3) is 6.17. The van der Waals surface area contributed by atoms with Crippen molar-refractivity contribution in [2.24, 2.45) is 4.99 Å². The van der Waals surface area contributed by atoms with Gasteiger partial charge in [0, 0.05) is 65.4 Å². The first-order valence-corrected chi connectivity index (χ1v) is 10.4. The van der Waals surface area contributed by atoms with E-state index in [9.17, 15) is 0 Å². The molecule has 2 saturated heterocycles. The molecule has 2 aliphatic rings. The van der Waals surface area contributed by atoms with Crippen LogP contribution in [0.15, 0.2) is 29.3 Å². The fraction of sp³-hybridized carbons (Fsp3) is 0.667. The standard InChI is InChI=1S/C21H36N6O/c1-22-21(24-15-20-17-25(2)8-9-26(20)3)23-14-18-6-4-5-7-19(18)16-27-10-12-28-13-11-27/h4-7,20H,8-17H2,1-3H3,(H2,22,23,24). The normalized spacial score (nSPS) is 23.0. The fourth-order valence-electron chi connectivity index (χ4n) is 3.82. The lowest BCUT2D eigenvalue weighted by Crippen LogP contribution is -2.55. The first-order valence-electron chi connectivity index (χ1n) is 10.4. The molecule has 0 radical (unpaired) electrons. The molecule has 0 amide bonds. The highest BCUT2D eigenvalue weighted by Crippen LogP contribution is 2.13. The van der Waals surface area contributed by atoms with Gasteiger partial charge in [0.05, 0.1) is 13.2 Å². The van der Waals surface area contributed by atoms with Crippen LogP contribution < -0.4 is 10.6 Å². The van der Waals surface area contributed by atoms with E-state index in [1.807, 2.05) is 7.05 Å². The highest BCUT2D eigenvalue weighted by molar-refractivity contribution is 5.79. The Morgan fingerprint density at radius 1 is 1.07 bits per heavy atom. The Morgan fingerprint density at radius 2 is 1.82 bits per heavy atom. The van der Waals surface area contributed by atoms with Gasteiger partial charge in [0.25, 0.3) is 0 Å².